The van der Waals surface area contributed by atoms with Gasteiger partial charge in [-0.25, -0.2) is 0 Å². The maximum Gasteiger partial charge on any atom is 0.287 e. The Bertz CT molecular complexity index is 719. The summed E-state index contributed by atoms with van der Waals surface area (Å²) in [6, 6.07) is 8.43. The first-order valence-corrected chi connectivity index (χ1v) is 7.49. The summed E-state index contributed by atoms with van der Waals surface area (Å²) in [5, 5.41) is 3.51. The number of fused-ring (bicyclic) bond motifs is 1. The van der Waals surface area contributed by atoms with Gasteiger partial charge in [0.05, 0.1) is 5.39 Å². The predicted molar refractivity (Wildman–Crippen MR) is 81.4 cm³/mol. The van der Waals surface area contributed by atoms with Crippen LogP contribution in [0.25, 0.3) is 11.0 Å². The van der Waals surface area contributed by atoms with Crippen LogP contribution in [0.15, 0.2) is 39.5 Å². The third-order valence-corrected chi connectivity index (χ3v) is 4.29. The van der Waals surface area contributed by atoms with E-state index in [2.05, 4.69) is 12.2 Å². The van der Waals surface area contributed by atoms with Crippen LogP contribution in [0.1, 0.15) is 43.2 Å². The number of nitrogens with one attached hydrogen (secondary N) is 1. The second-order valence-corrected chi connectivity index (χ2v) is 5.81. The lowest BCUT2D eigenvalue weighted by Crippen LogP contribution is -2.41. The molecule has 3 rings (SSSR count). The fraction of sp³-hybridized carbons (Fsp3) is 0.412. The van der Waals surface area contributed by atoms with E-state index in [4.69, 9.17) is 4.42 Å². The van der Waals surface area contributed by atoms with Crippen molar-refractivity contribution in [1.82, 2.24) is 5.32 Å². The zero-order valence-corrected chi connectivity index (χ0v) is 12.1. The first-order chi connectivity index (χ1) is 10.1. The molecular formula is C17H19NO3. The standard InChI is InChI=1S/C17H19NO3/c1-11-6-2-4-8-13(11)18-17(20)16-10-14(19)12-7-3-5-9-15(12)21-16/h3,5,7,9-11,13H,2,4,6,8H2,1H3,(H,18,20)/t11-,13+/m0/s1. The second-order valence-electron chi connectivity index (χ2n) is 5.81. The Morgan fingerprint density at radius 2 is 2.00 bits per heavy atom. The predicted octanol–water partition coefficient (Wildman–Crippen LogP) is 3.10. The van der Waals surface area contributed by atoms with Gasteiger partial charge in [0.25, 0.3) is 5.91 Å². The van der Waals surface area contributed by atoms with E-state index in [1.54, 1.807) is 24.3 Å². The van der Waals surface area contributed by atoms with Crippen LogP contribution in [0.5, 0.6) is 0 Å². The van der Waals surface area contributed by atoms with Gasteiger partial charge in [-0.3, -0.25) is 9.59 Å². The number of hydrogen-bond acceptors (Lipinski definition) is 3. The van der Waals surface area contributed by atoms with Gasteiger partial charge in [0.1, 0.15) is 5.58 Å². The number of hydrogen-bond donors (Lipinski definition) is 1. The molecule has 1 aliphatic rings. The summed E-state index contributed by atoms with van der Waals surface area (Å²) in [7, 11) is 0. The minimum atomic E-state index is -0.295. The highest BCUT2D eigenvalue weighted by atomic mass is 16.3. The highest BCUT2D eigenvalue weighted by Crippen LogP contribution is 2.24. The molecule has 0 spiro atoms. The molecule has 0 bridgehead atoms. The fourth-order valence-electron chi connectivity index (χ4n) is 2.99. The van der Waals surface area contributed by atoms with Gasteiger partial charge in [0.2, 0.25) is 0 Å². The van der Waals surface area contributed by atoms with Gasteiger partial charge in [0.15, 0.2) is 11.2 Å². The van der Waals surface area contributed by atoms with Crippen molar-refractivity contribution in [3.8, 4) is 0 Å². The number of amides is 1. The van der Waals surface area contributed by atoms with E-state index >= 15 is 0 Å². The molecular weight excluding hydrogens is 266 g/mol. The van der Waals surface area contributed by atoms with E-state index in [1.807, 2.05) is 0 Å². The first kappa shape index (κ1) is 13.9. The van der Waals surface area contributed by atoms with E-state index in [0.717, 1.165) is 19.3 Å². The molecule has 1 fully saturated rings. The Kier molecular flexibility index (Phi) is 3.78. The molecule has 0 saturated heterocycles. The molecule has 0 radical (unpaired) electrons. The van der Waals surface area contributed by atoms with Crippen LogP contribution >= 0.6 is 0 Å². The van der Waals surface area contributed by atoms with Crippen molar-refractivity contribution in [2.75, 3.05) is 0 Å². The summed E-state index contributed by atoms with van der Waals surface area (Å²) in [4.78, 5) is 24.3. The Hall–Kier alpha value is -2.10. The van der Waals surface area contributed by atoms with E-state index in [-0.39, 0.29) is 23.1 Å². The van der Waals surface area contributed by atoms with Crippen molar-refractivity contribution >= 4 is 16.9 Å². The normalized spacial score (nSPS) is 22.1. The minimum absolute atomic E-state index is 0.0940. The smallest absolute Gasteiger partial charge is 0.287 e. The molecule has 4 nitrogen and oxygen atoms in total. The molecule has 1 heterocycles. The molecule has 110 valence electrons. The highest BCUT2D eigenvalue weighted by Gasteiger charge is 2.24. The molecule has 1 aromatic carbocycles. The van der Waals surface area contributed by atoms with Crippen molar-refractivity contribution < 1.29 is 9.21 Å². The summed E-state index contributed by atoms with van der Waals surface area (Å²) in [6.07, 6.45) is 4.48. The summed E-state index contributed by atoms with van der Waals surface area (Å²) < 4.78 is 5.57. The molecule has 1 amide bonds. The lowest BCUT2D eigenvalue weighted by molar-refractivity contribution is 0.0882. The number of carbonyl (C=O) groups is 1. The van der Waals surface area contributed by atoms with Gasteiger partial charge in [-0.1, -0.05) is 31.9 Å². The topological polar surface area (TPSA) is 59.3 Å². The van der Waals surface area contributed by atoms with Crippen LogP contribution in [0.2, 0.25) is 0 Å². The van der Waals surface area contributed by atoms with Crippen molar-refractivity contribution in [3.63, 3.8) is 0 Å². The van der Waals surface area contributed by atoms with Crippen molar-refractivity contribution in [2.24, 2.45) is 5.92 Å². The lowest BCUT2D eigenvalue weighted by atomic mass is 9.86. The third kappa shape index (κ3) is 2.84. The Morgan fingerprint density at radius 1 is 1.24 bits per heavy atom. The van der Waals surface area contributed by atoms with Crippen molar-refractivity contribution in [2.45, 2.75) is 38.6 Å². The molecule has 1 saturated carbocycles. The van der Waals surface area contributed by atoms with Crippen LogP contribution in [-0.4, -0.2) is 11.9 Å². The number of para-hydroxylation sites is 1. The van der Waals surface area contributed by atoms with Crippen LogP contribution in [0, 0.1) is 5.92 Å². The van der Waals surface area contributed by atoms with Crippen molar-refractivity contribution in [1.29, 1.82) is 0 Å². The van der Waals surface area contributed by atoms with Crippen LogP contribution in [-0.2, 0) is 0 Å². The van der Waals surface area contributed by atoms with Crippen LogP contribution in [0.4, 0.5) is 0 Å². The number of carbonyl (C=O) groups excluding carboxylic acids is 1. The minimum Gasteiger partial charge on any atom is -0.451 e. The molecule has 21 heavy (non-hydrogen) atoms. The van der Waals surface area contributed by atoms with Gasteiger partial charge < -0.3 is 9.73 Å². The quantitative estimate of drug-likeness (QED) is 0.922. The zero-order chi connectivity index (χ0) is 14.8. The van der Waals surface area contributed by atoms with E-state index in [1.165, 1.54) is 12.5 Å². The molecule has 1 aliphatic carbocycles. The molecule has 2 aromatic rings. The van der Waals surface area contributed by atoms with Gasteiger partial charge in [0, 0.05) is 12.1 Å². The van der Waals surface area contributed by atoms with Crippen molar-refractivity contribution in [3.05, 3.63) is 46.3 Å². The molecule has 4 heteroatoms. The second kappa shape index (κ2) is 5.72. The summed E-state index contributed by atoms with van der Waals surface area (Å²) >= 11 is 0. The summed E-state index contributed by atoms with van der Waals surface area (Å²) in [5.74, 6) is 0.267. The molecule has 0 unspecified atom stereocenters. The van der Waals surface area contributed by atoms with Gasteiger partial charge >= 0.3 is 0 Å². The molecule has 0 aliphatic heterocycles. The molecule has 1 N–H and O–H groups in total. The maximum atomic E-state index is 12.3. The van der Waals surface area contributed by atoms with Gasteiger partial charge in [-0.05, 0) is 30.9 Å². The Labute approximate surface area is 123 Å². The SMILES string of the molecule is C[C@H]1CCCC[C@H]1NC(=O)c1cc(=O)c2ccccc2o1. The van der Waals surface area contributed by atoms with Gasteiger partial charge in [-0.2, -0.15) is 0 Å². The van der Waals surface area contributed by atoms with E-state index in [9.17, 15) is 9.59 Å². The Morgan fingerprint density at radius 3 is 2.81 bits per heavy atom. The average molecular weight is 285 g/mol. The van der Waals surface area contributed by atoms with E-state index < -0.39 is 0 Å². The first-order valence-electron chi connectivity index (χ1n) is 7.49. The zero-order valence-electron chi connectivity index (χ0n) is 12.1. The van der Waals surface area contributed by atoms with E-state index in [0.29, 0.717) is 16.9 Å². The monoisotopic (exact) mass is 285 g/mol. The lowest BCUT2D eigenvalue weighted by Gasteiger charge is -2.29. The number of rotatable bonds is 2. The van der Waals surface area contributed by atoms with Crippen LogP contribution < -0.4 is 10.7 Å². The highest BCUT2D eigenvalue weighted by molar-refractivity contribution is 5.93. The fourth-order valence-corrected chi connectivity index (χ4v) is 2.99. The molecule has 1 aromatic heterocycles. The number of benzene rings is 1. The largest absolute Gasteiger partial charge is 0.451 e. The Balaban J connectivity index is 1.86. The van der Waals surface area contributed by atoms with Crippen LogP contribution in [0.3, 0.4) is 0 Å². The summed E-state index contributed by atoms with van der Waals surface area (Å²) in [5.41, 5.74) is 0.269. The van der Waals surface area contributed by atoms with Gasteiger partial charge in [-0.15, -0.1) is 0 Å². The maximum absolute atomic E-state index is 12.3. The summed E-state index contributed by atoms with van der Waals surface area (Å²) in [6.45, 7) is 2.15. The third-order valence-electron chi connectivity index (χ3n) is 4.29. The average Bonchev–Trinajstić information content (AvgIpc) is 2.49. The molecule has 2 atom stereocenters.